The summed E-state index contributed by atoms with van der Waals surface area (Å²) < 4.78 is 34.4. The van der Waals surface area contributed by atoms with E-state index in [1.54, 1.807) is 12.1 Å². The van der Waals surface area contributed by atoms with Gasteiger partial charge < -0.3 is 4.74 Å². The fraction of sp³-hybridized carbons (Fsp3) is 0.200. The standard InChI is InChI=1S/C10H9NO5S/c1-15-10(12)8-4-2-7(3-5-8)9-6-16-17(13,14)11-9/h2-5H,6H2,1H3. The summed E-state index contributed by atoms with van der Waals surface area (Å²) in [7, 11) is -2.49. The van der Waals surface area contributed by atoms with Crippen molar-refractivity contribution < 1.29 is 22.1 Å². The highest BCUT2D eigenvalue weighted by Gasteiger charge is 2.22. The third-order valence-corrected chi connectivity index (χ3v) is 3.07. The molecule has 6 nitrogen and oxygen atoms in total. The average molecular weight is 255 g/mol. The Kier molecular flexibility index (Phi) is 2.95. The maximum atomic E-state index is 11.2. The number of esters is 1. The molecule has 0 unspecified atom stereocenters. The number of carbonyl (C=O) groups excluding carboxylic acids is 1. The van der Waals surface area contributed by atoms with Crippen molar-refractivity contribution in [2.75, 3.05) is 13.7 Å². The number of carbonyl (C=O) groups is 1. The van der Waals surface area contributed by atoms with Gasteiger partial charge in [0.25, 0.3) is 0 Å². The van der Waals surface area contributed by atoms with Gasteiger partial charge in [-0.15, -0.1) is 4.40 Å². The molecule has 0 saturated heterocycles. The Bertz CT molecular complexity index is 573. The van der Waals surface area contributed by atoms with Crippen molar-refractivity contribution in [3.63, 3.8) is 0 Å². The number of hydrogen-bond donors (Lipinski definition) is 0. The van der Waals surface area contributed by atoms with E-state index in [1.165, 1.54) is 19.2 Å². The zero-order valence-corrected chi connectivity index (χ0v) is 9.73. The topological polar surface area (TPSA) is 82.0 Å². The molecule has 17 heavy (non-hydrogen) atoms. The van der Waals surface area contributed by atoms with Crippen molar-refractivity contribution in [2.24, 2.45) is 4.40 Å². The fourth-order valence-corrected chi connectivity index (χ4v) is 2.11. The summed E-state index contributed by atoms with van der Waals surface area (Å²) >= 11 is 0. The van der Waals surface area contributed by atoms with Crippen LogP contribution >= 0.6 is 0 Å². The number of ether oxygens (including phenoxy) is 1. The van der Waals surface area contributed by atoms with Crippen LogP contribution in [0.2, 0.25) is 0 Å². The van der Waals surface area contributed by atoms with Gasteiger partial charge in [0.05, 0.1) is 18.4 Å². The molecule has 0 aromatic heterocycles. The van der Waals surface area contributed by atoms with Gasteiger partial charge in [-0.3, -0.25) is 0 Å². The summed E-state index contributed by atoms with van der Waals surface area (Å²) in [5, 5.41) is 0. The van der Waals surface area contributed by atoms with E-state index in [4.69, 9.17) is 0 Å². The van der Waals surface area contributed by atoms with E-state index < -0.39 is 16.3 Å². The van der Waals surface area contributed by atoms with E-state index in [0.29, 0.717) is 16.8 Å². The largest absolute Gasteiger partial charge is 0.465 e. The first kappa shape index (κ1) is 11.7. The van der Waals surface area contributed by atoms with E-state index >= 15 is 0 Å². The second kappa shape index (κ2) is 4.27. The van der Waals surface area contributed by atoms with Crippen LogP contribution in [0.25, 0.3) is 0 Å². The van der Waals surface area contributed by atoms with Gasteiger partial charge in [0.15, 0.2) is 0 Å². The minimum absolute atomic E-state index is 0.0834. The highest BCUT2D eigenvalue weighted by molar-refractivity contribution is 7.85. The molecule has 0 saturated carbocycles. The predicted octanol–water partition coefficient (Wildman–Crippen LogP) is 0.537. The van der Waals surface area contributed by atoms with Crippen LogP contribution in [0, 0.1) is 0 Å². The highest BCUT2D eigenvalue weighted by Crippen LogP contribution is 2.14. The summed E-state index contributed by atoms with van der Waals surface area (Å²) in [6.45, 7) is -0.0834. The maximum Gasteiger partial charge on any atom is 0.381 e. The molecule has 1 aromatic rings. The number of hydrogen-bond acceptors (Lipinski definition) is 5. The fourth-order valence-electron chi connectivity index (χ4n) is 1.37. The van der Waals surface area contributed by atoms with Gasteiger partial charge in [-0.05, 0) is 17.7 Å². The first-order valence-electron chi connectivity index (χ1n) is 4.69. The quantitative estimate of drug-likeness (QED) is 0.720. The first-order valence-corrected chi connectivity index (χ1v) is 6.05. The Morgan fingerprint density at radius 3 is 2.47 bits per heavy atom. The molecule has 0 radical (unpaired) electrons. The van der Waals surface area contributed by atoms with Gasteiger partial charge in [0.2, 0.25) is 0 Å². The molecular formula is C10H9NO5S. The molecule has 0 spiro atoms. The minimum atomic E-state index is -3.78. The van der Waals surface area contributed by atoms with Crippen LogP contribution in [0.5, 0.6) is 0 Å². The Labute approximate surface area is 98.1 Å². The number of rotatable bonds is 2. The Morgan fingerprint density at radius 1 is 1.35 bits per heavy atom. The molecule has 7 heteroatoms. The van der Waals surface area contributed by atoms with Crippen LogP contribution in [0.15, 0.2) is 28.7 Å². The molecule has 1 aliphatic rings. The van der Waals surface area contributed by atoms with Crippen LogP contribution < -0.4 is 0 Å². The molecule has 0 N–H and O–H groups in total. The normalized spacial score (nSPS) is 17.6. The SMILES string of the molecule is COC(=O)c1ccc(C2=NS(=O)(=O)OC2)cc1. The van der Waals surface area contributed by atoms with Crippen molar-refractivity contribution in [1.29, 1.82) is 0 Å². The third kappa shape index (κ3) is 2.51. The average Bonchev–Trinajstić information content (AvgIpc) is 2.69. The lowest BCUT2D eigenvalue weighted by Gasteiger charge is -2.01. The van der Waals surface area contributed by atoms with Crippen molar-refractivity contribution in [3.8, 4) is 0 Å². The lowest BCUT2D eigenvalue weighted by molar-refractivity contribution is 0.0600. The van der Waals surface area contributed by atoms with E-state index in [2.05, 4.69) is 13.3 Å². The summed E-state index contributed by atoms with van der Waals surface area (Å²) in [6, 6.07) is 6.26. The number of nitrogens with zero attached hydrogens (tertiary/aromatic N) is 1. The van der Waals surface area contributed by atoms with E-state index in [0.717, 1.165) is 0 Å². The van der Waals surface area contributed by atoms with Crippen molar-refractivity contribution in [2.45, 2.75) is 0 Å². The smallest absolute Gasteiger partial charge is 0.381 e. The van der Waals surface area contributed by atoms with Gasteiger partial charge in [-0.2, -0.15) is 8.42 Å². The number of benzene rings is 1. The molecule has 1 aliphatic heterocycles. The van der Waals surface area contributed by atoms with Gasteiger partial charge in [-0.25, -0.2) is 8.98 Å². The van der Waals surface area contributed by atoms with Gasteiger partial charge in [-0.1, -0.05) is 12.1 Å². The van der Waals surface area contributed by atoms with Crippen molar-refractivity contribution >= 4 is 22.0 Å². The summed E-state index contributed by atoms with van der Waals surface area (Å²) in [5.74, 6) is -0.450. The van der Waals surface area contributed by atoms with Crippen LogP contribution in [0.3, 0.4) is 0 Å². The molecule has 0 fully saturated rings. The van der Waals surface area contributed by atoms with Crippen LogP contribution in [-0.2, 0) is 19.2 Å². The van der Waals surface area contributed by atoms with E-state index in [9.17, 15) is 13.2 Å². The summed E-state index contributed by atoms with van der Waals surface area (Å²) in [4.78, 5) is 11.2. The second-order valence-corrected chi connectivity index (χ2v) is 4.57. The molecule has 0 aliphatic carbocycles. The van der Waals surface area contributed by atoms with E-state index in [-0.39, 0.29) is 6.61 Å². The monoisotopic (exact) mass is 255 g/mol. The zero-order chi connectivity index (χ0) is 12.5. The molecule has 0 amide bonds. The van der Waals surface area contributed by atoms with Crippen molar-refractivity contribution in [3.05, 3.63) is 35.4 Å². The lowest BCUT2D eigenvalue weighted by Crippen LogP contribution is -2.05. The second-order valence-electron chi connectivity index (χ2n) is 3.30. The highest BCUT2D eigenvalue weighted by atomic mass is 32.2. The Balaban J connectivity index is 2.28. The maximum absolute atomic E-state index is 11.2. The summed E-state index contributed by atoms with van der Waals surface area (Å²) in [6.07, 6.45) is 0. The molecular weight excluding hydrogens is 246 g/mol. The van der Waals surface area contributed by atoms with Gasteiger partial charge >= 0.3 is 16.3 Å². The van der Waals surface area contributed by atoms with Crippen LogP contribution in [0.4, 0.5) is 0 Å². The Hall–Kier alpha value is -1.73. The summed E-state index contributed by atoms with van der Waals surface area (Å²) in [5.41, 5.74) is 1.30. The number of methoxy groups -OCH3 is 1. The van der Waals surface area contributed by atoms with Crippen LogP contribution in [0.1, 0.15) is 15.9 Å². The van der Waals surface area contributed by atoms with Crippen LogP contribution in [-0.4, -0.2) is 33.8 Å². The molecule has 2 rings (SSSR count). The molecule has 0 bridgehead atoms. The molecule has 1 heterocycles. The molecule has 90 valence electrons. The minimum Gasteiger partial charge on any atom is -0.465 e. The third-order valence-electron chi connectivity index (χ3n) is 2.21. The first-order chi connectivity index (χ1) is 8.02. The van der Waals surface area contributed by atoms with Gasteiger partial charge in [0.1, 0.15) is 6.61 Å². The molecule has 1 aromatic carbocycles. The molecule has 0 atom stereocenters. The van der Waals surface area contributed by atoms with Crippen molar-refractivity contribution in [1.82, 2.24) is 0 Å². The Morgan fingerprint density at radius 2 is 2.00 bits per heavy atom. The van der Waals surface area contributed by atoms with Gasteiger partial charge in [0, 0.05) is 0 Å². The zero-order valence-electron chi connectivity index (χ0n) is 8.91. The lowest BCUT2D eigenvalue weighted by atomic mass is 10.1. The predicted molar refractivity (Wildman–Crippen MR) is 59.2 cm³/mol. The van der Waals surface area contributed by atoms with E-state index in [1.807, 2.05) is 0 Å².